The molecule has 0 aliphatic heterocycles. The molecule has 0 aliphatic rings. The van der Waals surface area contributed by atoms with Crippen molar-refractivity contribution in [2.24, 2.45) is 7.05 Å². The predicted molar refractivity (Wildman–Crippen MR) is 71.5 cm³/mol. The van der Waals surface area contributed by atoms with Gasteiger partial charge in [0.15, 0.2) is 0 Å². The Morgan fingerprint density at radius 3 is 2.76 bits per heavy atom. The molecule has 0 aliphatic carbocycles. The SMILES string of the molecule is CCc1nnc(CNC(=O)Cc2c[nH]c(=O)n(C)c2=O)o1. The van der Waals surface area contributed by atoms with Gasteiger partial charge in [0.2, 0.25) is 17.7 Å². The van der Waals surface area contributed by atoms with Gasteiger partial charge in [-0.2, -0.15) is 0 Å². The highest BCUT2D eigenvalue weighted by molar-refractivity contribution is 5.78. The van der Waals surface area contributed by atoms with Crippen LogP contribution in [0.25, 0.3) is 0 Å². The van der Waals surface area contributed by atoms with Crippen LogP contribution in [0.3, 0.4) is 0 Å². The summed E-state index contributed by atoms with van der Waals surface area (Å²) in [7, 11) is 1.34. The van der Waals surface area contributed by atoms with E-state index in [4.69, 9.17) is 4.42 Å². The molecule has 9 heteroatoms. The van der Waals surface area contributed by atoms with Gasteiger partial charge in [0.1, 0.15) is 0 Å². The van der Waals surface area contributed by atoms with E-state index in [2.05, 4.69) is 20.5 Å². The summed E-state index contributed by atoms with van der Waals surface area (Å²) in [5.74, 6) is 0.415. The maximum atomic E-state index is 11.8. The average Bonchev–Trinajstić information content (AvgIpc) is 2.94. The fourth-order valence-electron chi connectivity index (χ4n) is 1.65. The number of carbonyl (C=O) groups is 1. The third-order valence-corrected chi connectivity index (χ3v) is 2.85. The summed E-state index contributed by atoms with van der Waals surface area (Å²) in [6, 6.07) is 0. The molecular formula is C12H15N5O4. The maximum Gasteiger partial charge on any atom is 0.328 e. The van der Waals surface area contributed by atoms with Crippen molar-refractivity contribution in [1.82, 2.24) is 25.1 Å². The predicted octanol–water partition coefficient (Wildman–Crippen LogP) is -1.12. The number of carbonyl (C=O) groups excluding carboxylic acids is 1. The molecule has 1 amide bonds. The second kappa shape index (κ2) is 6.16. The summed E-state index contributed by atoms with van der Waals surface area (Å²) in [6.07, 6.45) is 1.72. The molecule has 2 heterocycles. The average molecular weight is 293 g/mol. The summed E-state index contributed by atoms with van der Waals surface area (Å²) in [5.41, 5.74) is -0.823. The first kappa shape index (κ1) is 14.7. The van der Waals surface area contributed by atoms with E-state index >= 15 is 0 Å². The van der Waals surface area contributed by atoms with Crippen molar-refractivity contribution in [3.8, 4) is 0 Å². The molecule has 0 bridgehead atoms. The zero-order valence-electron chi connectivity index (χ0n) is 11.7. The van der Waals surface area contributed by atoms with Crippen molar-refractivity contribution in [1.29, 1.82) is 0 Å². The Bertz CT molecular complexity index is 757. The van der Waals surface area contributed by atoms with Crippen LogP contribution < -0.4 is 16.6 Å². The molecule has 0 saturated heterocycles. The number of aryl methyl sites for hydroxylation is 1. The lowest BCUT2D eigenvalue weighted by atomic mass is 10.2. The Hall–Kier alpha value is -2.71. The van der Waals surface area contributed by atoms with E-state index in [-0.39, 0.29) is 24.4 Å². The van der Waals surface area contributed by atoms with Crippen molar-refractivity contribution in [2.75, 3.05) is 0 Å². The number of nitrogens with zero attached hydrogens (tertiary/aromatic N) is 3. The van der Waals surface area contributed by atoms with Gasteiger partial charge in [0.05, 0.1) is 13.0 Å². The van der Waals surface area contributed by atoms with Gasteiger partial charge in [0, 0.05) is 25.2 Å². The lowest BCUT2D eigenvalue weighted by Crippen LogP contribution is -2.36. The van der Waals surface area contributed by atoms with Gasteiger partial charge in [-0.1, -0.05) is 6.92 Å². The first-order valence-electron chi connectivity index (χ1n) is 6.36. The van der Waals surface area contributed by atoms with E-state index in [1.807, 2.05) is 6.92 Å². The molecule has 9 nitrogen and oxygen atoms in total. The van der Waals surface area contributed by atoms with Crippen LogP contribution in [0.2, 0.25) is 0 Å². The van der Waals surface area contributed by atoms with Gasteiger partial charge in [-0.3, -0.25) is 14.2 Å². The number of rotatable bonds is 5. The largest absolute Gasteiger partial charge is 0.423 e. The maximum absolute atomic E-state index is 11.8. The first-order valence-corrected chi connectivity index (χ1v) is 6.36. The van der Waals surface area contributed by atoms with E-state index in [0.717, 1.165) is 4.57 Å². The van der Waals surface area contributed by atoms with E-state index in [9.17, 15) is 14.4 Å². The van der Waals surface area contributed by atoms with Gasteiger partial charge in [-0.05, 0) is 0 Å². The molecule has 0 aromatic carbocycles. The monoisotopic (exact) mass is 293 g/mol. The number of nitrogens with one attached hydrogen (secondary N) is 2. The van der Waals surface area contributed by atoms with Crippen molar-refractivity contribution < 1.29 is 9.21 Å². The van der Waals surface area contributed by atoms with E-state index < -0.39 is 11.2 Å². The summed E-state index contributed by atoms with van der Waals surface area (Å²) < 4.78 is 6.15. The third-order valence-electron chi connectivity index (χ3n) is 2.85. The molecule has 0 spiro atoms. The number of hydrogen-bond donors (Lipinski definition) is 2. The number of amides is 1. The first-order chi connectivity index (χ1) is 10.0. The fourth-order valence-corrected chi connectivity index (χ4v) is 1.65. The summed E-state index contributed by atoms with van der Waals surface area (Å²) in [6.45, 7) is 1.97. The van der Waals surface area contributed by atoms with Gasteiger partial charge in [0.25, 0.3) is 5.56 Å². The van der Waals surface area contributed by atoms with Gasteiger partial charge in [-0.25, -0.2) is 4.79 Å². The van der Waals surface area contributed by atoms with Crippen LogP contribution >= 0.6 is 0 Å². The second-order valence-corrected chi connectivity index (χ2v) is 4.38. The molecule has 2 aromatic rings. The van der Waals surface area contributed by atoms with Crippen molar-refractivity contribution in [3.05, 3.63) is 44.4 Å². The molecule has 2 rings (SSSR count). The minimum atomic E-state index is -0.526. The minimum absolute atomic E-state index is 0.0928. The van der Waals surface area contributed by atoms with Crippen LogP contribution in [0.1, 0.15) is 24.3 Å². The normalized spacial score (nSPS) is 10.6. The Morgan fingerprint density at radius 2 is 2.10 bits per heavy atom. The number of aromatic nitrogens is 4. The highest BCUT2D eigenvalue weighted by atomic mass is 16.4. The van der Waals surface area contributed by atoms with Gasteiger partial charge >= 0.3 is 5.69 Å². The van der Waals surface area contributed by atoms with Crippen molar-refractivity contribution >= 4 is 5.91 Å². The number of hydrogen-bond acceptors (Lipinski definition) is 6. The smallest absolute Gasteiger partial charge is 0.328 e. The van der Waals surface area contributed by atoms with Crippen LogP contribution in [-0.2, 0) is 31.2 Å². The standard InChI is InChI=1S/C12H15N5O4/c1-3-9-15-16-10(21-9)6-13-8(18)4-7-5-14-12(20)17(2)11(7)19/h5H,3-4,6H2,1-2H3,(H,13,18)(H,14,20). The minimum Gasteiger partial charge on any atom is -0.423 e. The lowest BCUT2D eigenvalue weighted by Gasteiger charge is -2.03. The third kappa shape index (κ3) is 3.44. The molecule has 112 valence electrons. The van der Waals surface area contributed by atoms with E-state index in [1.54, 1.807) is 0 Å². The van der Waals surface area contributed by atoms with Gasteiger partial charge < -0.3 is 14.7 Å². The Morgan fingerprint density at radius 1 is 1.38 bits per heavy atom. The molecule has 0 fully saturated rings. The number of aromatic amines is 1. The van der Waals surface area contributed by atoms with Crippen molar-refractivity contribution in [2.45, 2.75) is 26.3 Å². The van der Waals surface area contributed by atoms with Crippen LogP contribution in [-0.4, -0.2) is 25.7 Å². The summed E-state index contributed by atoms with van der Waals surface area (Å²) in [5, 5.41) is 10.1. The molecule has 0 saturated carbocycles. The van der Waals surface area contributed by atoms with Crippen LogP contribution in [0.5, 0.6) is 0 Å². The zero-order valence-corrected chi connectivity index (χ0v) is 11.7. The summed E-state index contributed by atoms with van der Waals surface area (Å²) >= 11 is 0. The molecule has 2 N–H and O–H groups in total. The highest BCUT2D eigenvalue weighted by Gasteiger charge is 2.11. The summed E-state index contributed by atoms with van der Waals surface area (Å²) in [4.78, 5) is 37.1. The van der Waals surface area contributed by atoms with Gasteiger partial charge in [-0.15, -0.1) is 10.2 Å². The molecule has 0 radical (unpaired) electrons. The molecule has 21 heavy (non-hydrogen) atoms. The number of H-pyrrole nitrogens is 1. The lowest BCUT2D eigenvalue weighted by molar-refractivity contribution is -0.120. The molecule has 0 atom stereocenters. The van der Waals surface area contributed by atoms with E-state index in [0.29, 0.717) is 18.2 Å². The molecular weight excluding hydrogens is 278 g/mol. The van der Waals surface area contributed by atoms with Crippen LogP contribution in [0.15, 0.2) is 20.2 Å². The van der Waals surface area contributed by atoms with Crippen molar-refractivity contribution in [3.63, 3.8) is 0 Å². The Kier molecular flexibility index (Phi) is 4.31. The fraction of sp³-hybridized carbons (Fsp3) is 0.417. The topological polar surface area (TPSA) is 123 Å². The molecule has 0 unspecified atom stereocenters. The van der Waals surface area contributed by atoms with Crippen LogP contribution in [0.4, 0.5) is 0 Å². The Labute approximate surface area is 119 Å². The highest BCUT2D eigenvalue weighted by Crippen LogP contribution is 1.99. The molecule has 2 aromatic heterocycles. The second-order valence-electron chi connectivity index (χ2n) is 4.38. The quantitative estimate of drug-likeness (QED) is 0.719. The van der Waals surface area contributed by atoms with Crippen LogP contribution in [0, 0.1) is 0 Å². The van der Waals surface area contributed by atoms with E-state index in [1.165, 1.54) is 13.2 Å². The Balaban J connectivity index is 1.97. The zero-order chi connectivity index (χ0) is 15.4.